The fourth-order valence-corrected chi connectivity index (χ4v) is 3.40. The largest absolute Gasteiger partial charge is 0.497 e. The summed E-state index contributed by atoms with van der Waals surface area (Å²) < 4.78 is 16.7. The number of methoxy groups -OCH3 is 1. The molecule has 0 aliphatic heterocycles. The first-order valence-corrected chi connectivity index (χ1v) is 11.2. The van der Waals surface area contributed by atoms with E-state index in [0.717, 1.165) is 22.1 Å². The van der Waals surface area contributed by atoms with Crippen molar-refractivity contribution in [2.24, 2.45) is 0 Å². The highest BCUT2D eigenvalue weighted by molar-refractivity contribution is 6.02. The molecule has 35 heavy (non-hydrogen) atoms. The van der Waals surface area contributed by atoms with Gasteiger partial charge in [-0.05, 0) is 50.6 Å². The molecular formula is C27H28N4O4. The molecule has 0 spiro atoms. The first-order chi connectivity index (χ1) is 16.8. The summed E-state index contributed by atoms with van der Waals surface area (Å²) in [6.45, 7) is 6.03. The number of fused-ring (bicyclic) bond motifs is 1. The smallest absolute Gasteiger partial charge is 0.412 e. The number of nitrogens with zero attached hydrogens (tertiary/aromatic N) is 2. The Kier molecular flexibility index (Phi) is 7.01. The lowest BCUT2D eigenvalue weighted by atomic mass is 10.1. The normalized spacial score (nSPS) is 11.1. The molecule has 2 N–H and O–H groups in total. The Morgan fingerprint density at radius 1 is 0.943 bits per heavy atom. The van der Waals surface area contributed by atoms with Crippen LogP contribution in [0.15, 0.2) is 72.9 Å². The van der Waals surface area contributed by atoms with Crippen LogP contribution in [0.5, 0.6) is 17.4 Å². The van der Waals surface area contributed by atoms with E-state index in [2.05, 4.69) is 20.6 Å². The van der Waals surface area contributed by atoms with Crippen LogP contribution in [0.4, 0.5) is 16.4 Å². The Labute approximate surface area is 204 Å². The molecule has 0 saturated heterocycles. The van der Waals surface area contributed by atoms with Crippen LogP contribution in [0.3, 0.4) is 0 Å². The van der Waals surface area contributed by atoms with Crippen LogP contribution in [0.25, 0.3) is 10.8 Å². The second-order valence-corrected chi connectivity index (χ2v) is 8.81. The number of amides is 1. The van der Waals surface area contributed by atoms with E-state index >= 15 is 0 Å². The van der Waals surface area contributed by atoms with E-state index in [4.69, 9.17) is 14.2 Å². The Bertz CT molecular complexity index is 1320. The highest BCUT2D eigenvalue weighted by Gasteiger charge is 2.17. The molecule has 0 aliphatic carbocycles. The monoisotopic (exact) mass is 472 g/mol. The van der Waals surface area contributed by atoms with E-state index in [1.807, 2.05) is 69.3 Å². The summed E-state index contributed by atoms with van der Waals surface area (Å²) in [6, 6.07) is 20.7. The van der Waals surface area contributed by atoms with Crippen molar-refractivity contribution in [2.45, 2.75) is 32.9 Å². The first-order valence-electron chi connectivity index (χ1n) is 11.2. The second kappa shape index (κ2) is 10.3. The van der Waals surface area contributed by atoms with E-state index in [9.17, 15) is 4.79 Å². The molecule has 0 atom stereocenters. The van der Waals surface area contributed by atoms with Crippen LogP contribution in [-0.2, 0) is 11.3 Å². The van der Waals surface area contributed by atoms with E-state index in [1.54, 1.807) is 31.5 Å². The number of carbonyl (C=O) groups is 1. The summed E-state index contributed by atoms with van der Waals surface area (Å²) in [5.41, 5.74) is 1.11. The van der Waals surface area contributed by atoms with Crippen LogP contribution in [0.2, 0.25) is 0 Å². The van der Waals surface area contributed by atoms with Gasteiger partial charge in [-0.1, -0.05) is 36.4 Å². The number of ether oxygens (including phenoxy) is 3. The average molecular weight is 473 g/mol. The van der Waals surface area contributed by atoms with Gasteiger partial charge in [0, 0.05) is 29.6 Å². The predicted octanol–water partition coefficient (Wildman–Crippen LogP) is 6.39. The average Bonchev–Trinajstić information content (AvgIpc) is 2.84. The quantitative estimate of drug-likeness (QED) is 0.322. The molecular weight excluding hydrogens is 444 g/mol. The molecule has 4 aromatic rings. The zero-order valence-corrected chi connectivity index (χ0v) is 20.2. The van der Waals surface area contributed by atoms with Crippen LogP contribution >= 0.6 is 0 Å². The molecule has 0 radical (unpaired) electrons. The molecule has 0 unspecified atom stereocenters. The Hall–Kier alpha value is -4.33. The highest BCUT2D eigenvalue weighted by Crippen LogP contribution is 2.34. The SMILES string of the molecule is COc1ccc(CNc2nccc(Oc3ccc(NC(=O)OC(C)(C)C)c4ccccc34)n2)cc1. The molecule has 4 rings (SSSR count). The van der Waals surface area contributed by atoms with Gasteiger partial charge in [-0.25, -0.2) is 9.78 Å². The first kappa shape index (κ1) is 23.8. The Balaban J connectivity index is 1.50. The van der Waals surface area contributed by atoms with Crippen LogP contribution in [0, 0.1) is 0 Å². The number of benzene rings is 3. The minimum atomic E-state index is -0.588. The molecule has 1 amide bonds. The standard InChI is InChI=1S/C27H28N4O4/c1-27(2,3)35-26(32)30-22-13-14-23(21-8-6-5-7-20(21)22)34-24-15-16-28-25(31-24)29-17-18-9-11-19(33-4)12-10-18/h5-16H,17H2,1-4H3,(H,30,32)(H,28,29,31). The summed E-state index contributed by atoms with van der Waals surface area (Å²) in [4.78, 5) is 21.0. The van der Waals surface area contributed by atoms with Gasteiger partial charge in [-0.2, -0.15) is 4.98 Å². The van der Waals surface area contributed by atoms with Crippen LogP contribution < -0.4 is 20.1 Å². The highest BCUT2D eigenvalue weighted by atomic mass is 16.6. The van der Waals surface area contributed by atoms with Gasteiger partial charge in [0.2, 0.25) is 11.8 Å². The molecule has 0 saturated carbocycles. The third kappa shape index (κ3) is 6.38. The molecule has 0 bridgehead atoms. The summed E-state index contributed by atoms with van der Waals surface area (Å²) in [5, 5.41) is 7.68. The van der Waals surface area contributed by atoms with Crippen LogP contribution in [0.1, 0.15) is 26.3 Å². The lowest BCUT2D eigenvalue weighted by Gasteiger charge is -2.20. The van der Waals surface area contributed by atoms with Gasteiger partial charge in [-0.3, -0.25) is 5.32 Å². The van der Waals surface area contributed by atoms with Gasteiger partial charge in [0.25, 0.3) is 0 Å². The van der Waals surface area contributed by atoms with Crippen molar-refractivity contribution in [1.29, 1.82) is 0 Å². The van der Waals surface area contributed by atoms with E-state index in [0.29, 0.717) is 29.8 Å². The van der Waals surface area contributed by atoms with Crippen molar-refractivity contribution in [3.8, 4) is 17.4 Å². The van der Waals surface area contributed by atoms with Gasteiger partial charge < -0.3 is 19.5 Å². The maximum atomic E-state index is 12.3. The summed E-state index contributed by atoms with van der Waals surface area (Å²) >= 11 is 0. The molecule has 0 fully saturated rings. The third-order valence-corrected chi connectivity index (χ3v) is 4.97. The lowest BCUT2D eigenvalue weighted by molar-refractivity contribution is 0.0636. The molecule has 1 aromatic heterocycles. The second-order valence-electron chi connectivity index (χ2n) is 8.81. The molecule has 0 aliphatic rings. The molecule has 1 heterocycles. The van der Waals surface area contributed by atoms with Gasteiger partial charge >= 0.3 is 6.09 Å². The number of rotatable bonds is 7. The summed E-state index contributed by atoms with van der Waals surface area (Å²) in [6.07, 6.45) is 1.12. The predicted molar refractivity (Wildman–Crippen MR) is 136 cm³/mol. The van der Waals surface area contributed by atoms with Crippen molar-refractivity contribution in [1.82, 2.24) is 9.97 Å². The van der Waals surface area contributed by atoms with Crippen molar-refractivity contribution in [2.75, 3.05) is 17.7 Å². The van der Waals surface area contributed by atoms with E-state index < -0.39 is 11.7 Å². The minimum absolute atomic E-state index is 0.398. The molecule has 8 nitrogen and oxygen atoms in total. The lowest BCUT2D eigenvalue weighted by Crippen LogP contribution is -2.27. The fourth-order valence-electron chi connectivity index (χ4n) is 3.40. The van der Waals surface area contributed by atoms with Crippen molar-refractivity contribution in [3.05, 3.63) is 78.5 Å². The van der Waals surface area contributed by atoms with Gasteiger partial charge in [-0.15, -0.1) is 0 Å². The number of hydrogen-bond acceptors (Lipinski definition) is 7. The maximum Gasteiger partial charge on any atom is 0.412 e. The molecule has 3 aromatic carbocycles. The van der Waals surface area contributed by atoms with Gasteiger partial charge in [0.05, 0.1) is 12.8 Å². The molecule has 180 valence electrons. The Morgan fingerprint density at radius 2 is 1.69 bits per heavy atom. The van der Waals surface area contributed by atoms with Crippen molar-refractivity contribution >= 4 is 28.5 Å². The summed E-state index contributed by atoms with van der Waals surface area (Å²) in [5.74, 6) is 2.26. The number of carbonyl (C=O) groups excluding carboxylic acids is 1. The number of aromatic nitrogens is 2. The van der Waals surface area contributed by atoms with E-state index in [1.165, 1.54) is 0 Å². The maximum absolute atomic E-state index is 12.3. The number of anilines is 2. The fraction of sp³-hybridized carbons (Fsp3) is 0.222. The van der Waals surface area contributed by atoms with Crippen molar-refractivity contribution in [3.63, 3.8) is 0 Å². The Morgan fingerprint density at radius 3 is 2.40 bits per heavy atom. The van der Waals surface area contributed by atoms with Gasteiger partial charge in [0.15, 0.2) is 0 Å². The zero-order chi connectivity index (χ0) is 24.8. The number of nitrogens with one attached hydrogen (secondary N) is 2. The number of hydrogen-bond donors (Lipinski definition) is 2. The zero-order valence-electron chi connectivity index (χ0n) is 20.2. The van der Waals surface area contributed by atoms with Gasteiger partial charge in [0.1, 0.15) is 17.1 Å². The minimum Gasteiger partial charge on any atom is -0.497 e. The summed E-state index contributed by atoms with van der Waals surface area (Å²) in [7, 11) is 1.64. The van der Waals surface area contributed by atoms with E-state index in [-0.39, 0.29) is 0 Å². The van der Waals surface area contributed by atoms with Crippen molar-refractivity contribution < 1.29 is 19.0 Å². The topological polar surface area (TPSA) is 94.6 Å². The third-order valence-electron chi connectivity index (χ3n) is 4.97. The van der Waals surface area contributed by atoms with Crippen LogP contribution in [-0.4, -0.2) is 28.8 Å². The molecule has 8 heteroatoms.